The van der Waals surface area contributed by atoms with Gasteiger partial charge >= 0.3 is 6.18 Å². The fourth-order valence-corrected chi connectivity index (χ4v) is 2.74. The SMILES string of the molecule is COC1(C(=O)NC(Cc2ccccc2)C(F)(F)F)CCNCC1.Cl. The summed E-state index contributed by atoms with van der Waals surface area (Å²) in [6.07, 6.45) is -4.11. The lowest BCUT2D eigenvalue weighted by Crippen LogP contribution is -2.58. The number of benzene rings is 1. The lowest BCUT2D eigenvalue weighted by molar-refractivity contribution is -0.171. The number of carbonyl (C=O) groups is 1. The lowest BCUT2D eigenvalue weighted by atomic mass is 9.90. The molecule has 0 spiro atoms. The summed E-state index contributed by atoms with van der Waals surface area (Å²) in [5.41, 5.74) is -0.669. The summed E-state index contributed by atoms with van der Waals surface area (Å²) < 4.78 is 45.2. The summed E-state index contributed by atoms with van der Waals surface area (Å²) in [5.74, 6) is -0.695. The molecule has 1 amide bonds. The molecular formula is C16H22ClF3N2O2. The fourth-order valence-electron chi connectivity index (χ4n) is 2.74. The van der Waals surface area contributed by atoms with Gasteiger partial charge in [-0.3, -0.25) is 4.79 Å². The molecule has 1 atom stereocenters. The number of alkyl halides is 3. The van der Waals surface area contributed by atoms with Gasteiger partial charge in [0.25, 0.3) is 5.91 Å². The van der Waals surface area contributed by atoms with E-state index in [9.17, 15) is 18.0 Å². The van der Waals surface area contributed by atoms with E-state index in [1.165, 1.54) is 7.11 Å². The van der Waals surface area contributed by atoms with Crippen molar-refractivity contribution < 1.29 is 22.7 Å². The van der Waals surface area contributed by atoms with E-state index in [4.69, 9.17) is 4.74 Å². The second-order valence-electron chi connectivity index (χ2n) is 5.71. The Balaban J connectivity index is 0.00000288. The number of hydrogen-bond donors (Lipinski definition) is 2. The number of hydrogen-bond acceptors (Lipinski definition) is 3. The molecular weight excluding hydrogens is 345 g/mol. The Morgan fingerprint density at radius 1 is 1.29 bits per heavy atom. The van der Waals surface area contributed by atoms with Gasteiger partial charge in [-0.05, 0) is 31.5 Å². The molecule has 4 nitrogen and oxygen atoms in total. The van der Waals surface area contributed by atoms with Crippen LogP contribution in [0, 0.1) is 0 Å². The minimum Gasteiger partial charge on any atom is -0.368 e. The highest BCUT2D eigenvalue weighted by atomic mass is 35.5. The van der Waals surface area contributed by atoms with Crippen LogP contribution in [0.3, 0.4) is 0 Å². The van der Waals surface area contributed by atoms with Gasteiger partial charge in [0.05, 0.1) is 0 Å². The molecule has 2 N–H and O–H groups in total. The van der Waals surface area contributed by atoms with Gasteiger partial charge in [0.1, 0.15) is 11.6 Å². The molecule has 0 aliphatic carbocycles. The van der Waals surface area contributed by atoms with E-state index < -0.39 is 23.7 Å². The number of rotatable bonds is 5. The molecule has 1 fully saturated rings. The Morgan fingerprint density at radius 2 is 1.88 bits per heavy atom. The summed E-state index contributed by atoms with van der Waals surface area (Å²) in [7, 11) is 1.37. The third kappa shape index (κ3) is 5.09. The van der Waals surface area contributed by atoms with Crippen molar-refractivity contribution in [2.75, 3.05) is 20.2 Å². The van der Waals surface area contributed by atoms with Gasteiger partial charge in [-0.2, -0.15) is 13.2 Å². The van der Waals surface area contributed by atoms with E-state index in [1.54, 1.807) is 30.3 Å². The van der Waals surface area contributed by atoms with E-state index in [0.717, 1.165) is 0 Å². The Bertz CT molecular complexity index is 520. The van der Waals surface area contributed by atoms with E-state index >= 15 is 0 Å². The maximum atomic E-state index is 13.3. The number of amides is 1. The van der Waals surface area contributed by atoms with E-state index in [2.05, 4.69) is 10.6 Å². The van der Waals surface area contributed by atoms with E-state index in [0.29, 0.717) is 31.5 Å². The molecule has 1 aliphatic rings. The quantitative estimate of drug-likeness (QED) is 0.841. The van der Waals surface area contributed by atoms with Crippen LogP contribution in [-0.2, 0) is 16.0 Å². The number of ether oxygens (including phenoxy) is 1. The van der Waals surface area contributed by atoms with Gasteiger partial charge in [0.15, 0.2) is 0 Å². The highest BCUT2D eigenvalue weighted by molar-refractivity contribution is 5.86. The van der Waals surface area contributed by atoms with Crippen LogP contribution < -0.4 is 10.6 Å². The highest BCUT2D eigenvalue weighted by Crippen LogP contribution is 2.27. The Morgan fingerprint density at radius 3 is 2.38 bits per heavy atom. The maximum Gasteiger partial charge on any atom is 0.408 e. The third-order valence-electron chi connectivity index (χ3n) is 4.20. The van der Waals surface area contributed by atoms with Gasteiger partial charge in [-0.1, -0.05) is 30.3 Å². The maximum absolute atomic E-state index is 13.3. The molecule has 1 unspecified atom stereocenters. The van der Waals surface area contributed by atoms with Gasteiger partial charge in [-0.15, -0.1) is 12.4 Å². The van der Waals surface area contributed by atoms with Crippen LogP contribution in [0.4, 0.5) is 13.2 Å². The van der Waals surface area contributed by atoms with Gasteiger partial charge in [0, 0.05) is 13.5 Å². The summed E-state index contributed by atoms with van der Waals surface area (Å²) in [4.78, 5) is 12.4. The molecule has 24 heavy (non-hydrogen) atoms. The second-order valence-corrected chi connectivity index (χ2v) is 5.71. The Kier molecular flexibility index (Phi) is 7.51. The van der Waals surface area contributed by atoms with Crippen LogP contribution >= 0.6 is 12.4 Å². The smallest absolute Gasteiger partial charge is 0.368 e. The van der Waals surface area contributed by atoms with Crippen molar-refractivity contribution in [1.29, 1.82) is 0 Å². The van der Waals surface area contributed by atoms with Crippen molar-refractivity contribution in [1.82, 2.24) is 10.6 Å². The lowest BCUT2D eigenvalue weighted by Gasteiger charge is -2.36. The average molecular weight is 367 g/mol. The predicted octanol–water partition coefficient (Wildman–Crippen LogP) is 2.47. The first-order valence-electron chi connectivity index (χ1n) is 7.55. The van der Waals surface area contributed by atoms with Crippen molar-refractivity contribution >= 4 is 18.3 Å². The van der Waals surface area contributed by atoms with Gasteiger partial charge < -0.3 is 15.4 Å². The number of piperidine rings is 1. The van der Waals surface area contributed by atoms with Crippen LogP contribution in [0.15, 0.2) is 30.3 Å². The minimum atomic E-state index is -4.52. The normalized spacial score (nSPS) is 18.3. The molecule has 1 aromatic carbocycles. The summed E-state index contributed by atoms with van der Waals surface area (Å²) in [6.45, 7) is 1.08. The van der Waals surface area contributed by atoms with Crippen LogP contribution in [0.25, 0.3) is 0 Å². The summed E-state index contributed by atoms with van der Waals surface area (Å²) in [5, 5.41) is 5.22. The van der Waals surface area contributed by atoms with Crippen molar-refractivity contribution in [2.45, 2.75) is 37.1 Å². The first-order valence-corrected chi connectivity index (χ1v) is 7.55. The molecule has 0 bridgehead atoms. The zero-order chi connectivity index (χ0) is 16.9. The highest BCUT2D eigenvalue weighted by Gasteiger charge is 2.46. The number of carbonyl (C=O) groups excluding carboxylic acids is 1. The van der Waals surface area contributed by atoms with Crippen molar-refractivity contribution in [3.63, 3.8) is 0 Å². The van der Waals surface area contributed by atoms with Gasteiger partial charge in [0.2, 0.25) is 0 Å². The monoisotopic (exact) mass is 366 g/mol. The third-order valence-corrected chi connectivity index (χ3v) is 4.20. The molecule has 0 radical (unpaired) electrons. The summed E-state index contributed by atoms with van der Waals surface area (Å²) in [6, 6.07) is 6.38. The first kappa shape index (κ1) is 20.7. The second kappa shape index (κ2) is 8.69. The van der Waals surface area contributed by atoms with Crippen molar-refractivity contribution in [2.24, 2.45) is 0 Å². The predicted molar refractivity (Wildman–Crippen MR) is 87.2 cm³/mol. The van der Waals surface area contributed by atoms with Crippen molar-refractivity contribution in [3.8, 4) is 0 Å². The molecule has 2 rings (SSSR count). The summed E-state index contributed by atoms with van der Waals surface area (Å²) >= 11 is 0. The standard InChI is InChI=1S/C16H21F3N2O2.ClH/c1-23-15(7-9-20-10-8-15)14(22)21-13(16(17,18)19)11-12-5-3-2-4-6-12;/h2-6,13,20H,7-11H2,1H3,(H,21,22);1H. The molecule has 1 heterocycles. The van der Waals surface area contributed by atoms with Crippen LogP contribution in [-0.4, -0.2) is 43.9 Å². The van der Waals surface area contributed by atoms with E-state index in [-0.39, 0.29) is 18.8 Å². The number of methoxy groups -OCH3 is 1. The molecule has 0 aromatic heterocycles. The Hall–Kier alpha value is -1.31. The van der Waals surface area contributed by atoms with Crippen molar-refractivity contribution in [3.05, 3.63) is 35.9 Å². The largest absolute Gasteiger partial charge is 0.408 e. The first-order chi connectivity index (χ1) is 10.9. The van der Waals surface area contributed by atoms with Crippen LogP contribution in [0.2, 0.25) is 0 Å². The van der Waals surface area contributed by atoms with Crippen LogP contribution in [0.1, 0.15) is 18.4 Å². The fraction of sp³-hybridized carbons (Fsp3) is 0.562. The zero-order valence-corrected chi connectivity index (χ0v) is 14.2. The molecule has 1 aromatic rings. The van der Waals surface area contributed by atoms with Gasteiger partial charge in [-0.25, -0.2) is 0 Å². The number of halogens is 4. The number of nitrogens with one attached hydrogen (secondary N) is 2. The molecule has 1 aliphatic heterocycles. The topological polar surface area (TPSA) is 50.4 Å². The molecule has 136 valence electrons. The Labute approximate surface area is 145 Å². The molecule has 1 saturated heterocycles. The average Bonchev–Trinajstić information content (AvgIpc) is 2.55. The molecule has 0 saturated carbocycles. The zero-order valence-electron chi connectivity index (χ0n) is 13.4. The van der Waals surface area contributed by atoms with Crippen LogP contribution in [0.5, 0.6) is 0 Å². The molecule has 8 heteroatoms. The van der Waals surface area contributed by atoms with E-state index in [1.807, 2.05) is 0 Å². The minimum absolute atomic E-state index is 0.